The second-order valence-corrected chi connectivity index (χ2v) is 3.38. The Labute approximate surface area is 89.6 Å². The third kappa shape index (κ3) is 1.42. The first-order valence-electron chi connectivity index (χ1n) is 4.50. The lowest BCUT2D eigenvalue weighted by molar-refractivity contribution is 0.0692. The number of hydrogen-bond donors (Lipinski definition) is 2. The quantitative estimate of drug-likeness (QED) is 0.711. The Morgan fingerprint density at radius 3 is 2.69 bits per heavy atom. The van der Waals surface area contributed by atoms with E-state index in [9.17, 15) is 14.7 Å². The van der Waals surface area contributed by atoms with Crippen LogP contribution in [0.4, 0.5) is 0 Å². The molecule has 82 valence electrons. The number of carbonyl (C=O) groups is 1. The average molecular weight is 220 g/mol. The fourth-order valence-corrected chi connectivity index (χ4v) is 1.46. The fourth-order valence-electron chi connectivity index (χ4n) is 1.46. The fraction of sp³-hybridized carbons (Fsp3) is 0.0909. The molecule has 0 spiro atoms. The van der Waals surface area contributed by atoms with E-state index in [4.69, 9.17) is 9.52 Å². The average Bonchev–Trinajstić information content (AvgIpc) is 2.23. The molecule has 0 amide bonds. The molecule has 2 N–H and O–H groups in total. The van der Waals surface area contributed by atoms with Crippen LogP contribution < -0.4 is 5.63 Å². The van der Waals surface area contributed by atoms with E-state index in [0.29, 0.717) is 10.9 Å². The standard InChI is InChI=1S/C11H8O5/c1-5-8(12)3-2-6-4-7(10(13)14)11(15)16-9(5)6/h2-4,12H,1H3,(H,13,14). The summed E-state index contributed by atoms with van der Waals surface area (Å²) in [4.78, 5) is 22.0. The molecule has 16 heavy (non-hydrogen) atoms. The van der Waals surface area contributed by atoms with Gasteiger partial charge in [-0.3, -0.25) is 0 Å². The van der Waals surface area contributed by atoms with Gasteiger partial charge in [-0.1, -0.05) is 0 Å². The molecule has 5 nitrogen and oxygen atoms in total. The van der Waals surface area contributed by atoms with Gasteiger partial charge in [-0.05, 0) is 25.1 Å². The second kappa shape index (κ2) is 3.37. The van der Waals surface area contributed by atoms with E-state index >= 15 is 0 Å². The molecular formula is C11H8O5. The lowest BCUT2D eigenvalue weighted by atomic mass is 10.1. The monoisotopic (exact) mass is 220 g/mol. The number of rotatable bonds is 1. The first-order valence-corrected chi connectivity index (χ1v) is 4.50. The number of carboxylic acid groups (broad SMARTS) is 1. The third-order valence-corrected chi connectivity index (χ3v) is 2.35. The maximum Gasteiger partial charge on any atom is 0.351 e. The van der Waals surface area contributed by atoms with Gasteiger partial charge in [0.25, 0.3) is 0 Å². The molecule has 0 saturated carbocycles. The summed E-state index contributed by atoms with van der Waals surface area (Å²) >= 11 is 0. The largest absolute Gasteiger partial charge is 0.508 e. The summed E-state index contributed by atoms with van der Waals surface area (Å²) in [6.45, 7) is 1.58. The number of benzene rings is 1. The Morgan fingerprint density at radius 1 is 1.38 bits per heavy atom. The van der Waals surface area contributed by atoms with Gasteiger partial charge in [0.05, 0.1) is 0 Å². The number of aryl methyl sites for hydroxylation is 1. The molecule has 0 atom stereocenters. The van der Waals surface area contributed by atoms with Crippen LogP contribution in [0.25, 0.3) is 11.0 Å². The lowest BCUT2D eigenvalue weighted by Gasteiger charge is -2.03. The number of phenols is 1. The molecule has 5 heteroatoms. The van der Waals surface area contributed by atoms with Crippen molar-refractivity contribution in [2.24, 2.45) is 0 Å². The van der Waals surface area contributed by atoms with Gasteiger partial charge >= 0.3 is 11.6 Å². The minimum atomic E-state index is -1.33. The normalized spacial score (nSPS) is 10.6. The van der Waals surface area contributed by atoms with Crippen LogP contribution in [0.2, 0.25) is 0 Å². The van der Waals surface area contributed by atoms with Crippen molar-refractivity contribution in [2.75, 3.05) is 0 Å². The van der Waals surface area contributed by atoms with Gasteiger partial charge in [0.15, 0.2) is 0 Å². The van der Waals surface area contributed by atoms with Crippen molar-refractivity contribution in [3.8, 4) is 5.75 Å². The van der Waals surface area contributed by atoms with Gasteiger partial charge in [0.1, 0.15) is 16.9 Å². The smallest absolute Gasteiger partial charge is 0.351 e. The molecule has 0 aliphatic carbocycles. The SMILES string of the molecule is Cc1c(O)ccc2cc(C(=O)O)c(=O)oc12. The summed E-state index contributed by atoms with van der Waals surface area (Å²) in [5.41, 5.74) is -0.729. The number of hydrogen-bond acceptors (Lipinski definition) is 4. The predicted octanol–water partition coefficient (Wildman–Crippen LogP) is 1.51. The van der Waals surface area contributed by atoms with E-state index in [1.807, 2.05) is 0 Å². The summed E-state index contributed by atoms with van der Waals surface area (Å²) in [6.07, 6.45) is 0. The van der Waals surface area contributed by atoms with E-state index in [0.717, 1.165) is 0 Å². The first-order chi connectivity index (χ1) is 7.50. The van der Waals surface area contributed by atoms with Gasteiger partial charge in [-0.25, -0.2) is 9.59 Å². The Balaban J connectivity index is 2.89. The molecule has 0 saturated heterocycles. The van der Waals surface area contributed by atoms with Gasteiger partial charge in [0, 0.05) is 10.9 Å². The molecule has 0 bridgehead atoms. The van der Waals surface area contributed by atoms with E-state index in [-0.39, 0.29) is 11.3 Å². The van der Waals surface area contributed by atoms with Crippen molar-refractivity contribution in [3.05, 3.63) is 39.7 Å². The Kier molecular flexibility index (Phi) is 2.16. The molecule has 1 aromatic heterocycles. The highest BCUT2D eigenvalue weighted by molar-refractivity contribution is 5.92. The van der Waals surface area contributed by atoms with Crippen molar-refractivity contribution in [1.29, 1.82) is 0 Å². The number of carboxylic acids is 1. The summed E-state index contributed by atoms with van der Waals surface area (Å²) in [7, 11) is 0. The van der Waals surface area contributed by atoms with Gasteiger partial charge in [-0.15, -0.1) is 0 Å². The van der Waals surface area contributed by atoms with Crippen molar-refractivity contribution in [3.63, 3.8) is 0 Å². The van der Waals surface area contributed by atoms with Crippen LogP contribution in [0.5, 0.6) is 5.75 Å². The van der Waals surface area contributed by atoms with Crippen molar-refractivity contribution in [2.45, 2.75) is 6.92 Å². The maximum absolute atomic E-state index is 11.3. The Hall–Kier alpha value is -2.30. The van der Waals surface area contributed by atoms with Crippen LogP contribution in [0, 0.1) is 6.92 Å². The molecule has 0 aliphatic rings. The maximum atomic E-state index is 11.3. The molecule has 2 aromatic rings. The third-order valence-electron chi connectivity index (χ3n) is 2.35. The molecule has 1 heterocycles. The van der Waals surface area contributed by atoms with E-state index in [1.165, 1.54) is 18.2 Å². The van der Waals surface area contributed by atoms with Crippen molar-refractivity contribution >= 4 is 16.9 Å². The summed E-state index contributed by atoms with van der Waals surface area (Å²) in [6, 6.07) is 4.15. The summed E-state index contributed by atoms with van der Waals surface area (Å²) in [5, 5.41) is 18.6. The number of fused-ring (bicyclic) bond motifs is 1. The zero-order chi connectivity index (χ0) is 11.9. The van der Waals surface area contributed by atoms with Crippen LogP contribution in [-0.4, -0.2) is 16.2 Å². The van der Waals surface area contributed by atoms with Crippen LogP contribution >= 0.6 is 0 Å². The predicted molar refractivity (Wildman–Crippen MR) is 55.8 cm³/mol. The second-order valence-electron chi connectivity index (χ2n) is 3.38. The molecule has 0 unspecified atom stereocenters. The first kappa shape index (κ1) is 10.2. The number of aromatic hydroxyl groups is 1. The molecular weight excluding hydrogens is 212 g/mol. The summed E-state index contributed by atoms with van der Waals surface area (Å²) < 4.78 is 4.87. The highest BCUT2D eigenvalue weighted by atomic mass is 16.4. The highest BCUT2D eigenvalue weighted by Gasteiger charge is 2.14. The van der Waals surface area contributed by atoms with E-state index in [1.54, 1.807) is 6.92 Å². The minimum absolute atomic E-state index is 0.00118. The molecule has 1 aromatic carbocycles. The van der Waals surface area contributed by atoms with Crippen molar-refractivity contribution in [1.82, 2.24) is 0 Å². The minimum Gasteiger partial charge on any atom is -0.508 e. The Bertz CT molecular complexity index is 639. The highest BCUT2D eigenvalue weighted by Crippen LogP contribution is 2.25. The molecule has 2 rings (SSSR count). The van der Waals surface area contributed by atoms with E-state index in [2.05, 4.69) is 0 Å². The number of aromatic carboxylic acids is 1. The Morgan fingerprint density at radius 2 is 2.06 bits per heavy atom. The zero-order valence-corrected chi connectivity index (χ0v) is 8.35. The van der Waals surface area contributed by atoms with Crippen LogP contribution in [0.15, 0.2) is 27.4 Å². The summed E-state index contributed by atoms with van der Waals surface area (Å²) in [5.74, 6) is -1.33. The van der Waals surface area contributed by atoms with Gasteiger partial charge < -0.3 is 14.6 Å². The topological polar surface area (TPSA) is 87.7 Å². The molecule has 0 radical (unpaired) electrons. The zero-order valence-electron chi connectivity index (χ0n) is 8.35. The van der Waals surface area contributed by atoms with Crippen LogP contribution in [0.3, 0.4) is 0 Å². The number of phenolic OH excluding ortho intramolecular Hbond substituents is 1. The lowest BCUT2D eigenvalue weighted by Crippen LogP contribution is -2.13. The molecule has 0 fully saturated rings. The van der Waals surface area contributed by atoms with Crippen LogP contribution in [0.1, 0.15) is 15.9 Å². The molecule has 0 aliphatic heterocycles. The van der Waals surface area contributed by atoms with E-state index < -0.39 is 17.2 Å². The van der Waals surface area contributed by atoms with Gasteiger partial charge in [0.2, 0.25) is 0 Å². The van der Waals surface area contributed by atoms with Crippen LogP contribution in [-0.2, 0) is 0 Å². The van der Waals surface area contributed by atoms with Crippen molar-refractivity contribution < 1.29 is 19.4 Å². The van der Waals surface area contributed by atoms with Gasteiger partial charge in [-0.2, -0.15) is 0 Å².